The Hall–Kier alpha value is -0.470. The summed E-state index contributed by atoms with van der Waals surface area (Å²) in [5.74, 6) is -3.98. The molecule has 0 heterocycles. The first-order valence-electron chi connectivity index (χ1n) is 4.45. The van der Waals surface area contributed by atoms with Crippen molar-refractivity contribution in [2.45, 2.75) is 51.9 Å². The number of hydrogen-bond acceptors (Lipinski definition) is 1. The zero-order valence-electron chi connectivity index (χ0n) is 7.70. The van der Waals surface area contributed by atoms with Gasteiger partial charge in [-0.15, -0.1) is 0 Å². The van der Waals surface area contributed by atoms with Crippen LogP contribution in [-0.4, -0.2) is 11.7 Å². The van der Waals surface area contributed by atoms with Crippen molar-refractivity contribution in [2.75, 3.05) is 0 Å². The summed E-state index contributed by atoms with van der Waals surface area (Å²) in [6.07, 6.45) is 1.41. The standard InChI is InChI=1S/C9H16F2O/c1-3-5-6-8(12)9(10,11)7-4-2/h3-7H2,1-2H3. The molecule has 0 saturated heterocycles. The Kier molecular flexibility index (Phi) is 5.02. The second-order valence-corrected chi connectivity index (χ2v) is 2.98. The monoisotopic (exact) mass is 178 g/mol. The summed E-state index contributed by atoms with van der Waals surface area (Å²) in [5.41, 5.74) is 0. The smallest absolute Gasteiger partial charge is 0.293 e. The Morgan fingerprint density at radius 3 is 2.25 bits per heavy atom. The summed E-state index contributed by atoms with van der Waals surface area (Å²) in [7, 11) is 0. The molecule has 0 aromatic rings. The van der Waals surface area contributed by atoms with Crippen LogP contribution in [0, 0.1) is 0 Å². The number of unbranched alkanes of at least 4 members (excludes halogenated alkanes) is 1. The van der Waals surface area contributed by atoms with Gasteiger partial charge in [0.15, 0.2) is 0 Å². The van der Waals surface area contributed by atoms with E-state index in [4.69, 9.17) is 0 Å². The van der Waals surface area contributed by atoms with Crippen molar-refractivity contribution in [3.05, 3.63) is 0 Å². The molecule has 1 nitrogen and oxygen atoms in total. The normalized spacial score (nSPS) is 11.7. The van der Waals surface area contributed by atoms with Gasteiger partial charge in [0, 0.05) is 12.8 Å². The lowest BCUT2D eigenvalue weighted by Crippen LogP contribution is -2.27. The van der Waals surface area contributed by atoms with E-state index in [-0.39, 0.29) is 12.8 Å². The summed E-state index contributed by atoms with van der Waals surface area (Å²) in [6.45, 7) is 3.53. The summed E-state index contributed by atoms with van der Waals surface area (Å²) in [4.78, 5) is 10.9. The fraction of sp³-hybridized carbons (Fsp3) is 0.889. The van der Waals surface area contributed by atoms with E-state index in [1.807, 2.05) is 6.92 Å². The highest BCUT2D eigenvalue weighted by molar-refractivity contribution is 5.85. The third-order valence-corrected chi connectivity index (χ3v) is 1.73. The molecule has 3 heteroatoms. The van der Waals surface area contributed by atoms with Gasteiger partial charge in [-0.1, -0.05) is 20.3 Å². The van der Waals surface area contributed by atoms with E-state index in [0.717, 1.165) is 6.42 Å². The number of hydrogen-bond donors (Lipinski definition) is 0. The molecule has 0 aromatic carbocycles. The van der Waals surface area contributed by atoms with Crippen LogP contribution in [0.25, 0.3) is 0 Å². The molecule has 0 atom stereocenters. The molecule has 0 radical (unpaired) electrons. The van der Waals surface area contributed by atoms with E-state index in [1.54, 1.807) is 6.92 Å². The quantitative estimate of drug-likeness (QED) is 0.610. The van der Waals surface area contributed by atoms with Gasteiger partial charge in [0.2, 0.25) is 5.78 Å². The van der Waals surface area contributed by atoms with Gasteiger partial charge >= 0.3 is 5.92 Å². The molecule has 0 saturated carbocycles. The van der Waals surface area contributed by atoms with Crippen LogP contribution in [0.2, 0.25) is 0 Å². The average Bonchev–Trinajstić information content (AvgIpc) is 2.00. The third-order valence-electron chi connectivity index (χ3n) is 1.73. The Balaban J connectivity index is 3.88. The van der Waals surface area contributed by atoms with Gasteiger partial charge in [-0.25, -0.2) is 0 Å². The molecule has 0 amide bonds. The van der Waals surface area contributed by atoms with Crippen LogP contribution < -0.4 is 0 Å². The minimum Gasteiger partial charge on any atom is -0.293 e. The maximum atomic E-state index is 12.8. The summed E-state index contributed by atoms with van der Waals surface area (Å²) in [6, 6.07) is 0. The zero-order valence-corrected chi connectivity index (χ0v) is 7.70. The predicted octanol–water partition coefficient (Wildman–Crippen LogP) is 3.18. The van der Waals surface area contributed by atoms with Crippen molar-refractivity contribution in [2.24, 2.45) is 0 Å². The van der Waals surface area contributed by atoms with Gasteiger partial charge in [0.05, 0.1) is 0 Å². The second kappa shape index (κ2) is 5.22. The average molecular weight is 178 g/mol. The van der Waals surface area contributed by atoms with Gasteiger partial charge in [0.25, 0.3) is 0 Å². The number of carbonyl (C=O) groups is 1. The van der Waals surface area contributed by atoms with E-state index >= 15 is 0 Å². The van der Waals surface area contributed by atoms with Gasteiger partial charge in [-0.2, -0.15) is 8.78 Å². The molecule has 72 valence electrons. The largest absolute Gasteiger partial charge is 0.305 e. The Bertz CT molecular complexity index is 143. The van der Waals surface area contributed by atoms with Crippen molar-refractivity contribution in [3.8, 4) is 0 Å². The molecule has 0 aliphatic carbocycles. The molecule has 12 heavy (non-hydrogen) atoms. The van der Waals surface area contributed by atoms with E-state index in [9.17, 15) is 13.6 Å². The Morgan fingerprint density at radius 2 is 1.83 bits per heavy atom. The van der Waals surface area contributed by atoms with Crippen molar-refractivity contribution in [1.29, 1.82) is 0 Å². The van der Waals surface area contributed by atoms with Crippen LogP contribution in [0.15, 0.2) is 0 Å². The minimum atomic E-state index is -3.08. The van der Waals surface area contributed by atoms with E-state index in [1.165, 1.54) is 0 Å². The van der Waals surface area contributed by atoms with Crippen LogP contribution in [0.3, 0.4) is 0 Å². The number of Topliss-reactive ketones (excluding diaryl/α,β-unsaturated/α-hetero) is 1. The van der Waals surface area contributed by atoms with Crippen molar-refractivity contribution in [3.63, 3.8) is 0 Å². The number of carbonyl (C=O) groups excluding carboxylic acids is 1. The van der Waals surface area contributed by atoms with Gasteiger partial charge in [0.1, 0.15) is 0 Å². The molecule has 0 aliphatic rings. The van der Waals surface area contributed by atoms with Crippen LogP contribution in [0.1, 0.15) is 46.0 Å². The first-order chi connectivity index (χ1) is 5.54. The van der Waals surface area contributed by atoms with Crippen molar-refractivity contribution < 1.29 is 13.6 Å². The summed E-state index contributed by atoms with van der Waals surface area (Å²) in [5, 5.41) is 0. The molecule has 0 N–H and O–H groups in total. The lowest BCUT2D eigenvalue weighted by molar-refractivity contribution is -0.144. The number of rotatable bonds is 6. The van der Waals surface area contributed by atoms with Gasteiger partial charge in [-0.3, -0.25) is 4.79 Å². The number of alkyl halides is 2. The van der Waals surface area contributed by atoms with Gasteiger partial charge < -0.3 is 0 Å². The van der Waals surface area contributed by atoms with Crippen LogP contribution >= 0.6 is 0 Å². The first-order valence-corrected chi connectivity index (χ1v) is 4.45. The Labute approximate surface area is 72.2 Å². The molecule has 0 aliphatic heterocycles. The predicted molar refractivity (Wildman–Crippen MR) is 44.4 cm³/mol. The topological polar surface area (TPSA) is 17.1 Å². The molecular formula is C9H16F2O. The highest BCUT2D eigenvalue weighted by atomic mass is 19.3. The number of halogens is 2. The fourth-order valence-electron chi connectivity index (χ4n) is 0.974. The molecule has 0 fully saturated rings. The first kappa shape index (κ1) is 11.5. The Morgan fingerprint density at radius 1 is 1.25 bits per heavy atom. The fourth-order valence-corrected chi connectivity index (χ4v) is 0.974. The minimum absolute atomic E-state index is 0.0174. The van der Waals surface area contributed by atoms with E-state index in [0.29, 0.717) is 12.8 Å². The maximum absolute atomic E-state index is 12.8. The van der Waals surface area contributed by atoms with E-state index in [2.05, 4.69) is 0 Å². The third kappa shape index (κ3) is 3.79. The van der Waals surface area contributed by atoms with Crippen molar-refractivity contribution in [1.82, 2.24) is 0 Å². The molecule has 0 unspecified atom stereocenters. The highest BCUT2D eigenvalue weighted by Crippen LogP contribution is 2.23. The van der Waals surface area contributed by atoms with Crippen LogP contribution in [0.5, 0.6) is 0 Å². The van der Waals surface area contributed by atoms with E-state index < -0.39 is 11.7 Å². The zero-order chi connectivity index (χ0) is 9.61. The summed E-state index contributed by atoms with van der Waals surface area (Å²) >= 11 is 0. The maximum Gasteiger partial charge on any atom is 0.305 e. The molecule has 0 aromatic heterocycles. The van der Waals surface area contributed by atoms with Crippen LogP contribution in [-0.2, 0) is 4.79 Å². The lowest BCUT2D eigenvalue weighted by Gasteiger charge is -2.12. The van der Waals surface area contributed by atoms with Gasteiger partial charge in [-0.05, 0) is 12.8 Å². The van der Waals surface area contributed by atoms with Crippen molar-refractivity contribution >= 4 is 5.78 Å². The summed E-state index contributed by atoms with van der Waals surface area (Å²) < 4.78 is 25.6. The van der Waals surface area contributed by atoms with Crippen LogP contribution in [0.4, 0.5) is 8.78 Å². The molecule has 0 rings (SSSR count). The molecule has 0 spiro atoms. The molecule has 0 bridgehead atoms. The lowest BCUT2D eigenvalue weighted by atomic mass is 10.0. The second-order valence-electron chi connectivity index (χ2n) is 2.98. The molecular weight excluding hydrogens is 162 g/mol. The highest BCUT2D eigenvalue weighted by Gasteiger charge is 2.35. The number of ketones is 1. The SMILES string of the molecule is CCCCC(=O)C(F)(F)CCC.